The van der Waals surface area contributed by atoms with Crippen LogP contribution in [0.1, 0.15) is 61.8 Å². The molecule has 1 rings (SSSR count). The molecule has 1 fully saturated rings. The second-order valence-corrected chi connectivity index (χ2v) is 11.6. The minimum Gasteiger partial charge on any atom is -0.467 e. The van der Waals surface area contributed by atoms with Crippen molar-refractivity contribution in [2.75, 3.05) is 26.2 Å². The smallest absolute Gasteiger partial charge is 0.408 e. The van der Waals surface area contributed by atoms with Gasteiger partial charge in [-0.05, 0) is 38.7 Å². The summed E-state index contributed by atoms with van der Waals surface area (Å²) in [4.78, 5) is 39.7. The minimum absolute atomic E-state index is 0.289. The fourth-order valence-electron chi connectivity index (χ4n) is 3.04. The van der Waals surface area contributed by atoms with E-state index in [4.69, 9.17) is 9.47 Å². The van der Waals surface area contributed by atoms with E-state index in [9.17, 15) is 14.4 Å². The Morgan fingerprint density at radius 3 is 1.93 bits per heavy atom. The van der Waals surface area contributed by atoms with Gasteiger partial charge in [-0.3, -0.25) is 4.79 Å². The van der Waals surface area contributed by atoms with Crippen LogP contribution in [-0.2, 0) is 19.1 Å². The first-order valence-corrected chi connectivity index (χ1v) is 12.6. The molecular weight excluding hydrogens is 424 g/mol. The van der Waals surface area contributed by atoms with E-state index in [1.807, 2.05) is 47.1 Å². The first kappa shape index (κ1) is 28.9. The number of ether oxygens (including phenoxy) is 2. The van der Waals surface area contributed by atoms with Gasteiger partial charge < -0.3 is 19.7 Å². The van der Waals surface area contributed by atoms with Crippen LogP contribution in [0.4, 0.5) is 4.79 Å². The third-order valence-corrected chi connectivity index (χ3v) is 7.65. The molecule has 176 valence electrons. The first-order valence-electron chi connectivity index (χ1n) is 10.2. The summed E-state index contributed by atoms with van der Waals surface area (Å²) >= 11 is 3.25. The Morgan fingerprint density at radius 2 is 1.57 bits per heavy atom. The van der Waals surface area contributed by atoms with Gasteiger partial charge in [0, 0.05) is 13.0 Å². The molecule has 1 saturated heterocycles. The van der Waals surface area contributed by atoms with Crippen molar-refractivity contribution in [3.63, 3.8) is 0 Å². The van der Waals surface area contributed by atoms with Gasteiger partial charge in [0.1, 0.15) is 17.7 Å². The van der Waals surface area contributed by atoms with E-state index in [1.165, 1.54) is 7.11 Å². The van der Waals surface area contributed by atoms with E-state index >= 15 is 0 Å². The van der Waals surface area contributed by atoms with Crippen LogP contribution >= 0.6 is 23.5 Å². The highest BCUT2D eigenvalue weighted by atomic mass is 32.2. The fourth-order valence-corrected chi connectivity index (χ4v) is 4.89. The molecule has 1 heterocycles. The molecule has 1 aliphatic heterocycles. The molecule has 0 bridgehead atoms. The zero-order valence-electron chi connectivity index (χ0n) is 20.4. The van der Waals surface area contributed by atoms with Gasteiger partial charge in [0.05, 0.1) is 11.2 Å². The maximum atomic E-state index is 13.5. The standard InChI is InChI=1S/C19H34N2O5S2.C2H6/c1-17(2,3)13(20-16(24)26-18(4,5)6)14(22)21-11-19(27-8,28-9)10-12(21)15(23)25-7;1-2/h12-13H,10-11H2,1-9H3,(H,20,24);1-2H3/t12-,13?;/m0./s1. The molecule has 7 nitrogen and oxygen atoms in total. The van der Waals surface area contributed by atoms with Crippen LogP contribution in [-0.4, -0.2) is 70.8 Å². The van der Waals surface area contributed by atoms with Crippen molar-refractivity contribution < 1.29 is 23.9 Å². The van der Waals surface area contributed by atoms with E-state index in [0.29, 0.717) is 13.0 Å². The predicted octanol–water partition coefficient (Wildman–Crippen LogP) is 4.15. The lowest BCUT2D eigenvalue weighted by atomic mass is 9.85. The highest BCUT2D eigenvalue weighted by Crippen LogP contribution is 2.45. The van der Waals surface area contributed by atoms with Crippen molar-refractivity contribution >= 4 is 41.5 Å². The minimum atomic E-state index is -0.839. The average molecular weight is 465 g/mol. The van der Waals surface area contributed by atoms with Gasteiger partial charge in [0.25, 0.3) is 0 Å². The highest BCUT2D eigenvalue weighted by molar-refractivity contribution is 8.17. The number of alkyl carbamates (subject to hydrolysis) is 1. The van der Waals surface area contributed by atoms with Crippen LogP contribution < -0.4 is 5.32 Å². The van der Waals surface area contributed by atoms with E-state index in [0.717, 1.165) is 0 Å². The van der Waals surface area contributed by atoms with Crippen LogP contribution in [0, 0.1) is 5.41 Å². The third kappa shape index (κ3) is 7.87. The molecule has 9 heteroatoms. The van der Waals surface area contributed by atoms with Gasteiger partial charge in [-0.1, -0.05) is 34.6 Å². The number of amides is 2. The molecule has 30 heavy (non-hydrogen) atoms. The number of hydrogen-bond acceptors (Lipinski definition) is 7. The van der Waals surface area contributed by atoms with Gasteiger partial charge in [-0.25, -0.2) is 9.59 Å². The molecule has 0 aromatic rings. The lowest BCUT2D eigenvalue weighted by Crippen LogP contribution is -2.57. The summed E-state index contributed by atoms with van der Waals surface area (Å²) in [5.41, 5.74) is -1.25. The molecule has 0 aromatic heterocycles. The van der Waals surface area contributed by atoms with Crippen molar-refractivity contribution in [1.29, 1.82) is 0 Å². The Balaban J connectivity index is 0.00000407. The third-order valence-electron chi connectivity index (χ3n) is 4.57. The molecule has 0 aromatic carbocycles. The maximum absolute atomic E-state index is 13.5. The molecule has 1 aliphatic rings. The Labute approximate surface area is 190 Å². The van der Waals surface area contributed by atoms with E-state index in [-0.39, 0.29) is 9.99 Å². The number of thioether (sulfide) groups is 2. The number of rotatable bonds is 5. The first-order chi connectivity index (χ1) is 13.7. The van der Waals surface area contributed by atoms with Crippen LogP contribution in [0.5, 0.6) is 0 Å². The Hall–Kier alpha value is -1.09. The van der Waals surface area contributed by atoms with Crippen molar-refractivity contribution in [2.24, 2.45) is 5.41 Å². The Kier molecular flexibility index (Phi) is 11.1. The molecule has 0 spiro atoms. The number of hydrogen-bond donors (Lipinski definition) is 1. The Morgan fingerprint density at radius 1 is 1.07 bits per heavy atom. The van der Waals surface area contributed by atoms with Crippen LogP contribution in [0.2, 0.25) is 0 Å². The summed E-state index contributed by atoms with van der Waals surface area (Å²) in [6.07, 6.45) is 3.78. The van der Waals surface area contributed by atoms with Crippen LogP contribution in [0.25, 0.3) is 0 Å². The fraction of sp³-hybridized carbons (Fsp3) is 0.857. The van der Waals surface area contributed by atoms with Crippen LogP contribution in [0.3, 0.4) is 0 Å². The molecule has 0 saturated carbocycles. The number of nitrogens with zero attached hydrogens (tertiary/aromatic N) is 1. The average Bonchev–Trinajstić information content (AvgIpc) is 3.05. The van der Waals surface area contributed by atoms with Gasteiger partial charge in [0.15, 0.2) is 0 Å². The van der Waals surface area contributed by atoms with Gasteiger partial charge in [-0.15, -0.1) is 23.5 Å². The summed E-state index contributed by atoms with van der Waals surface area (Å²) in [7, 11) is 1.32. The number of carbonyl (C=O) groups is 3. The molecule has 2 atom stereocenters. The number of nitrogens with one attached hydrogen (secondary N) is 1. The topological polar surface area (TPSA) is 84.9 Å². The second kappa shape index (κ2) is 11.5. The lowest BCUT2D eigenvalue weighted by molar-refractivity contribution is -0.152. The van der Waals surface area contributed by atoms with E-state index in [2.05, 4.69) is 5.32 Å². The largest absolute Gasteiger partial charge is 0.467 e. The Bertz CT molecular complexity index is 595. The molecule has 0 aliphatic carbocycles. The monoisotopic (exact) mass is 464 g/mol. The second-order valence-electron chi connectivity index (χ2n) is 8.97. The van der Waals surface area contributed by atoms with Crippen molar-refractivity contribution in [2.45, 2.75) is 83.6 Å². The summed E-state index contributed by atoms with van der Waals surface area (Å²) in [5.74, 6) is -0.748. The summed E-state index contributed by atoms with van der Waals surface area (Å²) in [6, 6.07) is -1.52. The summed E-state index contributed by atoms with van der Waals surface area (Å²) < 4.78 is 9.99. The highest BCUT2D eigenvalue weighted by Gasteiger charge is 2.51. The molecule has 0 radical (unpaired) electrons. The molecular formula is C21H40N2O5S2. The molecule has 1 N–H and O–H groups in total. The SMILES string of the molecule is CC.COC(=O)[C@@H]1CC(SC)(SC)CN1C(=O)C(NC(=O)OC(C)(C)C)C(C)(C)C. The molecule has 2 amide bonds. The number of carbonyl (C=O) groups excluding carboxylic acids is 3. The number of esters is 1. The van der Waals surface area contributed by atoms with Crippen molar-refractivity contribution in [3.05, 3.63) is 0 Å². The quantitative estimate of drug-likeness (QED) is 0.483. The zero-order chi connectivity index (χ0) is 23.9. The number of likely N-dealkylation sites (tertiary alicyclic amines) is 1. The lowest BCUT2D eigenvalue weighted by Gasteiger charge is -2.35. The van der Waals surface area contributed by atoms with E-state index < -0.39 is 35.2 Å². The van der Waals surface area contributed by atoms with Gasteiger partial charge in [0.2, 0.25) is 5.91 Å². The predicted molar refractivity (Wildman–Crippen MR) is 126 cm³/mol. The van der Waals surface area contributed by atoms with Gasteiger partial charge >= 0.3 is 12.1 Å². The maximum Gasteiger partial charge on any atom is 0.408 e. The summed E-state index contributed by atoms with van der Waals surface area (Å²) in [5, 5.41) is 2.71. The van der Waals surface area contributed by atoms with E-state index in [1.54, 1.807) is 49.2 Å². The zero-order valence-corrected chi connectivity index (χ0v) is 22.0. The number of methoxy groups -OCH3 is 1. The van der Waals surface area contributed by atoms with Crippen LogP contribution in [0.15, 0.2) is 0 Å². The van der Waals surface area contributed by atoms with Crippen molar-refractivity contribution in [1.82, 2.24) is 10.2 Å². The normalized spacial score (nSPS) is 19.3. The summed E-state index contributed by atoms with van der Waals surface area (Å²) in [6.45, 7) is 15.3. The molecule has 1 unspecified atom stereocenters. The van der Waals surface area contributed by atoms with Crippen molar-refractivity contribution in [3.8, 4) is 0 Å². The van der Waals surface area contributed by atoms with Gasteiger partial charge in [-0.2, -0.15) is 0 Å².